The number of anilines is 3. The number of nitrogens with one attached hydrogen (secondary N) is 2. The van der Waals surface area contributed by atoms with Crippen molar-refractivity contribution in [3.63, 3.8) is 0 Å². The van der Waals surface area contributed by atoms with Crippen molar-refractivity contribution in [1.82, 2.24) is 19.9 Å². The fraction of sp³-hybridized carbons (Fsp3) is 0.250. The summed E-state index contributed by atoms with van der Waals surface area (Å²) in [4.78, 5) is 23.2. The lowest BCUT2D eigenvalue weighted by Crippen LogP contribution is -2.43. The zero-order valence-corrected chi connectivity index (χ0v) is 21.3. The summed E-state index contributed by atoms with van der Waals surface area (Å²) in [6, 6.07) is 12.8. The first-order valence-electron chi connectivity index (χ1n) is 12.4. The highest BCUT2D eigenvalue weighted by molar-refractivity contribution is 5.86. The molecule has 1 aliphatic heterocycles. The van der Waals surface area contributed by atoms with Gasteiger partial charge in [-0.2, -0.15) is 10.5 Å². The maximum absolute atomic E-state index is 15.2. The summed E-state index contributed by atoms with van der Waals surface area (Å²) in [5.41, 5.74) is 1.26. The summed E-state index contributed by atoms with van der Waals surface area (Å²) in [7, 11) is 0. The Hall–Kier alpha value is -4.87. The molecule has 2 N–H and O–H groups in total. The van der Waals surface area contributed by atoms with Gasteiger partial charge in [-0.05, 0) is 50.2 Å². The zero-order chi connectivity index (χ0) is 27.7. The van der Waals surface area contributed by atoms with E-state index in [0.717, 1.165) is 44.1 Å². The van der Waals surface area contributed by atoms with E-state index >= 15 is 4.39 Å². The van der Waals surface area contributed by atoms with Gasteiger partial charge in [0.15, 0.2) is 5.82 Å². The highest BCUT2D eigenvalue weighted by Gasteiger charge is 2.19. The number of nitrogens with zero attached hydrogens (tertiary/aromatic N) is 6. The molecule has 0 unspecified atom stereocenters. The molecule has 1 fully saturated rings. The molecule has 1 aliphatic rings. The van der Waals surface area contributed by atoms with Crippen molar-refractivity contribution in [2.24, 2.45) is 0 Å². The lowest BCUT2D eigenvalue weighted by Gasteiger charge is -2.30. The quantitative estimate of drug-likeness (QED) is 0.397. The second kappa shape index (κ2) is 10.5. The third kappa shape index (κ3) is 4.88. The monoisotopic (exact) mass is 526 g/mol. The molecule has 4 aromatic rings. The van der Waals surface area contributed by atoms with E-state index < -0.39 is 17.2 Å². The summed E-state index contributed by atoms with van der Waals surface area (Å²) in [6.07, 6.45) is 0.974. The molecule has 0 saturated carbocycles. The lowest BCUT2D eigenvalue weighted by atomic mass is 10.0. The number of piperazine rings is 1. The first-order chi connectivity index (χ1) is 18.8. The largest absolute Gasteiger partial charge is 0.368 e. The Kier molecular flexibility index (Phi) is 6.92. The molecule has 9 nitrogen and oxygen atoms in total. The van der Waals surface area contributed by atoms with Crippen LogP contribution in [0.4, 0.5) is 26.1 Å². The Labute approximate surface area is 223 Å². The third-order valence-electron chi connectivity index (χ3n) is 6.59. The molecule has 0 aliphatic carbocycles. The molecule has 0 spiro atoms. The molecule has 11 heteroatoms. The van der Waals surface area contributed by atoms with E-state index in [1.54, 1.807) is 26.0 Å². The van der Waals surface area contributed by atoms with Gasteiger partial charge in [-0.25, -0.2) is 18.7 Å². The second-order valence-electron chi connectivity index (χ2n) is 9.43. The highest BCUT2D eigenvalue weighted by Crippen LogP contribution is 2.30. The maximum Gasteiger partial charge on any atom is 0.269 e. The molecule has 0 atom stereocenters. The average molecular weight is 527 g/mol. The molecule has 5 rings (SSSR count). The Morgan fingerprint density at radius 1 is 1.03 bits per heavy atom. The van der Waals surface area contributed by atoms with Gasteiger partial charge in [-0.1, -0.05) is 0 Å². The summed E-state index contributed by atoms with van der Waals surface area (Å²) in [6.45, 7) is 6.72. The van der Waals surface area contributed by atoms with Crippen molar-refractivity contribution < 1.29 is 8.78 Å². The van der Waals surface area contributed by atoms with Crippen LogP contribution in [0, 0.1) is 34.3 Å². The van der Waals surface area contributed by atoms with Gasteiger partial charge in [0.25, 0.3) is 5.56 Å². The smallest absolute Gasteiger partial charge is 0.269 e. The van der Waals surface area contributed by atoms with Gasteiger partial charge in [0.1, 0.15) is 29.2 Å². The second-order valence-corrected chi connectivity index (χ2v) is 9.43. The summed E-state index contributed by atoms with van der Waals surface area (Å²) in [5.74, 6) is -1.45. The van der Waals surface area contributed by atoms with Gasteiger partial charge >= 0.3 is 0 Å². The molecule has 0 bridgehead atoms. The summed E-state index contributed by atoms with van der Waals surface area (Å²) >= 11 is 0. The van der Waals surface area contributed by atoms with Gasteiger partial charge in [0.05, 0.1) is 23.0 Å². The normalized spacial score (nSPS) is 13.4. The minimum atomic E-state index is -0.779. The van der Waals surface area contributed by atoms with Crippen LogP contribution in [0.1, 0.15) is 31.0 Å². The van der Waals surface area contributed by atoms with Crippen LogP contribution in [-0.2, 0) is 0 Å². The number of fused-ring (bicyclic) bond motifs is 1. The molecule has 0 radical (unpaired) electrons. The summed E-state index contributed by atoms with van der Waals surface area (Å²) in [5, 5.41) is 25.4. The number of hydrogen-bond acceptors (Lipinski definition) is 8. The third-order valence-corrected chi connectivity index (χ3v) is 6.59. The van der Waals surface area contributed by atoms with E-state index in [4.69, 9.17) is 0 Å². The number of aromatic nitrogens is 3. The molecular formula is C28H24F2N8O. The van der Waals surface area contributed by atoms with Crippen LogP contribution in [0.5, 0.6) is 0 Å². The molecule has 0 amide bonds. The van der Waals surface area contributed by atoms with Crippen molar-refractivity contribution in [1.29, 1.82) is 10.5 Å². The van der Waals surface area contributed by atoms with Crippen molar-refractivity contribution in [3.8, 4) is 23.4 Å². The van der Waals surface area contributed by atoms with Gasteiger partial charge in [0, 0.05) is 48.9 Å². The van der Waals surface area contributed by atoms with E-state index in [1.165, 1.54) is 16.7 Å². The van der Waals surface area contributed by atoms with Crippen LogP contribution in [0.25, 0.3) is 22.2 Å². The van der Waals surface area contributed by atoms with Crippen LogP contribution in [-0.4, -0.2) is 40.7 Å². The molecule has 2 aromatic carbocycles. The lowest BCUT2D eigenvalue weighted by molar-refractivity contribution is 0.589. The molecule has 3 heterocycles. The minimum absolute atomic E-state index is 0.0480. The van der Waals surface area contributed by atoms with Crippen LogP contribution in [0.3, 0.4) is 0 Å². The van der Waals surface area contributed by atoms with Crippen LogP contribution in [0.2, 0.25) is 0 Å². The highest BCUT2D eigenvalue weighted by atomic mass is 19.1. The zero-order valence-electron chi connectivity index (χ0n) is 21.3. The van der Waals surface area contributed by atoms with E-state index in [1.807, 2.05) is 12.1 Å². The van der Waals surface area contributed by atoms with Crippen molar-refractivity contribution in [2.45, 2.75) is 19.9 Å². The fourth-order valence-electron chi connectivity index (χ4n) is 4.76. The Morgan fingerprint density at radius 2 is 1.77 bits per heavy atom. The van der Waals surface area contributed by atoms with Crippen molar-refractivity contribution in [2.75, 3.05) is 36.4 Å². The van der Waals surface area contributed by atoms with E-state index in [9.17, 15) is 19.7 Å². The van der Waals surface area contributed by atoms with Crippen molar-refractivity contribution >= 4 is 28.2 Å². The SMILES string of the molecule is CC(C)n1c(=O)c(C#N)cc2c(F)cc(-c3nc(Nc4ccc(N5CCNCC5)c(C#N)c4)ncc3F)cc21. The molecule has 196 valence electrons. The van der Waals surface area contributed by atoms with Gasteiger partial charge in [-0.3, -0.25) is 4.79 Å². The maximum atomic E-state index is 15.2. The predicted octanol–water partition coefficient (Wildman–Crippen LogP) is 4.21. The first-order valence-corrected chi connectivity index (χ1v) is 12.4. The average Bonchev–Trinajstić information content (AvgIpc) is 2.93. The Bertz CT molecular complexity index is 1730. The molecule has 39 heavy (non-hydrogen) atoms. The van der Waals surface area contributed by atoms with E-state index in [-0.39, 0.29) is 39.7 Å². The fourth-order valence-corrected chi connectivity index (χ4v) is 4.76. The van der Waals surface area contributed by atoms with Crippen LogP contribution in [0.15, 0.2) is 47.4 Å². The number of hydrogen-bond donors (Lipinski definition) is 2. The minimum Gasteiger partial charge on any atom is -0.368 e. The van der Waals surface area contributed by atoms with Gasteiger partial charge < -0.3 is 20.1 Å². The first kappa shape index (κ1) is 25.8. The van der Waals surface area contributed by atoms with Gasteiger partial charge in [-0.15, -0.1) is 0 Å². The van der Waals surface area contributed by atoms with Crippen LogP contribution >= 0.6 is 0 Å². The van der Waals surface area contributed by atoms with Crippen molar-refractivity contribution in [3.05, 3.63) is 75.7 Å². The van der Waals surface area contributed by atoms with Gasteiger partial charge in [0.2, 0.25) is 5.95 Å². The topological polar surface area (TPSA) is 123 Å². The number of pyridine rings is 1. The number of halogens is 2. The predicted molar refractivity (Wildman–Crippen MR) is 144 cm³/mol. The van der Waals surface area contributed by atoms with E-state index in [2.05, 4.69) is 31.6 Å². The Balaban J connectivity index is 1.54. The molecule has 1 saturated heterocycles. The Morgan fingerprint density at radius 3 is 2.46 bits per heavy atom. The standard InChI is InChI=1S/C28H24F2N8O/c1-16(2)38-25-12-17(11-22(29)21(25)10-19(14-32)27(38)39)26-23(30)15-34-28(36-26)35-20-3-4-24(18(9-20)13-31)37-7-5-33-6-8-37/h3-4,9-12,15-16,33H,5-8H2,1-2H3,(H,34,35,36). The number of benzene rings is 2. The molecule has 2 aromatic heterocycles. The number of rotatable bonds is 5. The number of nitriles is 2. The molecular weight excluding hydrogens is 502 g/mol. The summed E-state index contributed by atoms with van der Waals surface area (Å²) < 4.78 is 31.5. The van der Waals surface area contributed by atoms with Crippen LogP contribution < -0.4 is 21.1 Å². The van der Waals surface area contributed by atoms with E-state index in [0.29, 0.717) is 11.3 Å².